The fourth-order valence-corrected chi connectivity index (χ4v) is 2.10. The van der Waals surface area contributed by atoms with Crippen LogP contribution in [0, 0.1) is 0 Å². The number of alkyl halides is 1. The predicted octanol–water partition coefficient (Wildman–Crippen LogP) is 2.90. The van der Waals surface area contributed by atoms with Gasteiger partial charge in [0, 0.05) is 5.56 Å². The Morgan fingerprint density at radius 2 is 1.67 bits per heavy atom. The molecule has 1 N–H and O–H groups in total. The first-order valence-corrected chi connectivity index (χ1v) is 6.59. The van der Waals surface area contributed by atoms with Gasteiger partial charge in [0.1, 0.15) is 18.1 Å². The van der Waals surface area contributed by atoms with Gasteiger partial charge in [-0.05, 0) is 17.7 Å². The van der Waals surface area contributed by atoms with E-state index in [9.17, 15) is 9.50 Å². The van der Waals surface area contributed by atoms with Gasteiger partial charge in [0.25, 0.3) is 0 Å². The third kappa shape index (κ3) is 2.68. The molecule has 2 aromatic carbocycles. The molecule has 0 amide bonds. The molecule has 0 bridgehead atoms. The van der Waals surface area contributed by atoms with E-state index in [0.29, 0.717) is 17.0 Å². The van der Waals surface area contributed by atoms with Gasteiger partial charge in [-0.1, -0.05) is 42.5 Å². The average molecular weight is 283 g/mol. The fourth-order valence-electron chi connectivity index (χ4n) is 2.10. The molecule has 1 heterocycles. The maximum Gasteiger partial charge on any atom is 0.119 e. The number of benzene rings is 2. The predicted molar refractivity (Wildman–Crippen MR) is 77.5 cm³/mol. The molecule has 106 valence electrons. The minimum atomic E-state index is -0.496. The van der Waals surface area contributed by atoms with Gasteiger partial charge in [0.2, 0.25) is 0 Å². The van der Waals surface area contributed by atoms with Crippen LogP contribution in [0.3, 0.4) is 0 Å². The van der Waals surface area contributed by atoms with Gasteiger partial charge < -0.3 is 5.11 Å². The summed E-state index contributed by atoms with van der Waals surface area (Å²) in [5.74, 6) is 0. The Kier molecular flexibility index (Phi) is 3.75. The molecule has 0 saturated carbocycles. The minimum Gasteiger partial charge on any atom is -0.390 e. The summed E-state index contributed by atoms with van der Waals surface area (Å²) in [6.45, 7) is -0.684. The standard InChI is InChI=1S/C16H14FN3O/c17-10-12-6-8-14(9-7-12)20-18-15(11-21)16(19-20)13-4-2-1-3-5-13/h1-9,21H,10-11H2. The molecule has 3 aromatic rings. The highest BCUT2D eigenvalue weighted by atomic mass is 19.1. The molecule has 3 rings (SSSR count). The highest BCUT2D eigenvalue weighted by molar-refractivity contribution is 5.61. The second-order valence-electron chi connectivity index (χ2n) is 4.61. The molecule has 0 radical (unpaired) electrons. The first kappa shape index (κ1) is 13.5. The van der Waals surface area contributed by atoms with Crippen molar-refractivity contribution in [2.45, 2.75) is 13.3 Å². The second-order valence-corrected chi connectivity index (χ2v) is 4.61. The van der Waals surface area contributed by atoms with Gasteiger partial charge in [-0.15, -0.1) is 5.10 Å². The molecule has 0 fully saturated rings. The molecular formula is C16H14FN3O. The molecule has 21 heavy (non-hydrogen) atoms. The van der Waals surface area contributed by atoms with Gasteiger partial charge in [-0.3, -0.25) is 0 Å². The number of aliphatic hydroxyl groups is 1. The molecule has 0 unspecified atom stereocenters. The number of nitrogens with zero attached hydrogens (tertiary/aromatic N) is 3. The fraction of sp³-hybridized carbons (Fsp3) is 0.125. The SMILES string of the molecule is OCc1nn(-c2ccc(CF)cc2)nc1-c1ccccc1. The van der Waals surface area contributed by atoms with E-state index < -0.39 is 6.67 Å². The van der Waals surface area contributed by atoms with E-state index >= 15 is 0 Å². The van der Waals surface area contributed by atoms with Gasteiger partial charge in [0.05, 0.1) is 12.3 Å². The van der Waals surface area contributed by atoms with E-state index in [1.165, 1.54) is 4.80 Å². The van der Waals surface area contributed by atoms with Crippen molar-refractivity contribution in [1.29, 1.82) is 0 Å². The Hall–Kier alpha value is -2.53. The van der Waals surface area contributed by atoms with Crippen molar-refractivity contribution in [2.75, 3.05) is 0 Å². The van der Waals surface area contributed by atoms with Crippen LogP contribution < -0.4 is 0 Å². The molecule has 0 aliphatic heterocycles. The summed E-state index contributed by atoms with van der Waals surface area (Å²) in [5, 5.41) is 18.2. The third-order valence-electron chi connectivity index (χ3n) is 3.20. The highest BCUT2D eigenvalue weighted by Crippen LogP contribution is 2.21. The molecule has 1 aromatic heterocycles. The summed E-state index contributed by atoms with van der Waals surface area (Å²) in [6.07, 6.45) is 0. The molecular weight excluding hydrogens is 269 g/mol. The lowest BCUT2D eigenvalue weighted by molar-refractivity contribution is 0.276. The number of hydrogen-bond acceptors (Lipinski definition) is 3. The second kappa shape index (κ2) is 5.85. The van der Waals surface area contributed by atoms with Gasteiger partial charge >= 0.3 is 0 Å². The number of rotatable bonds is 4. The van der Waals surface area contributed by atoms with Crippen LogP contribution in [0.5, 0.6) is 0 Å². The largest absolute Gasteiger partial charge is 0.390 e. The number of hydrogen-bond donors (Lipinski definition) is 1. The molecule has 5 heteroatoms. The summed E-state index contributed by atoms with van der Waals surface area (Å²) in [4.78, 5) is 1.45. The van der Waals surface area contributed by atoms with Crippen molar-refractivity contribution in [3.05, 3.63) is 65.9 Å². The zero-order valence-electron chi connectivity index (χ0n) is 11.3. The zero-order chi connectivity index (χ0) is 14.7. The van der Waals surface area contributed by atoms with Crippen LogP contribution >= 0.6 is 0 Å². The summed E-state index contributed by atoms with van der Waals surface area (Å²) in [6, 6.07) is 16.5. The average Bonchev–Trinajstić information content (AvgIpc) is 3.00. The molecule has 0 saturated heterocycles. The smallest absolute Gasteiger partial charge is 0.119 e. The normalized spacial score (nSPS) is 10.8. The van der Waals surface area contributed by atoms with E-state index in [0.717, 1.165) is 11.3 Å². The van der Waals surface area contributed by atoms with Crippen molar-refractivity contribution in [1.82, 2.24) is 15.0 Å². The lowest BCUT2D eigenvalue weighted by Gasteiger charge is -2.00. The summed E-state index contributed by atoms with van der Waals surface area (Å²) >= 11 is 0. The molecule has 0 atom stereocenters. The first-order chi connectivity index (χ1) is 10.3. The van der Waals surface area contributed by atoms with E-state index in [-0.39, 0.29) is 6.61 Å². The Balaban J connectivity index is 2.02. The van der Waals surface area contributed by atoms with Crippen molar-refractivity contribution in [3.8, 4) is 16.9 Å². The van der Waals surface area contributed by atoms with E-state index in [4.69, 9.17) is 0 Å². The Bertz CT molecular complexity index is 723. The Morgan fingerprint density at radius 1 is 0.952 bits per heavy atom. The van der Waals surface area contributed by atoms with Crippen LogP contribution in [0.25, 0.3) is 16.9 Å². The van der Waals surface area contributed by atoms with Crippen molar-refractivity contribution < 1.29 is 9.50 Å². The lowest BCUT2D eigenvalue weighted by Crippen LogP contribution is -1.99. The van der Waals surface area contributed by atoms with Gasteiger partial charge in [-0.25, -0.2) is 4.39 Å². The van der Waals surface area contributed by atoms with Crippen molar-refractivity contribution >= 4 is 0 Å². The van der Waals surface area contributed by atoms with Gasteiger partial charge in [0.15, 0.2) is 0 Å². The lowest BCUT2D eigenvalue weighted by atomic mass is 10.1. The molecule has 0 spiro atoms. The maximum atomic E-state index is 12.5. The number of aromatic nitrogens is 3. The first-order valence-electron chi connectivity index (χ1n) is 6.59. The van der Waals surface area contributed by atoms with Crippen LogP contribution in [0.15, 0.2) is 54.6 Å². The molecule has 4 nitrogen and oxygen atoms in total. The summed E-state index contributed by atoms with van der Waals surface area (Å²) < 4.78 is 12.5. The quantitative estimate of drug-likeness (QED) is 0.801. The van der Waals surface area contributed by atoms with Crippen LogP contribution in [0.1, 0.15) is 11.3 Å². The maximum absolute atomic E-state index is 12.5. The highest BCUT2D eigenvalue weighted by Gasteiger charge is 2.13. The molecule has 0 aliphatic carbocycles. The van der Waals surface area contributed by atoms with E-state index in [2.05, 4.69) is 10.2 Å². The zero-order valence-corrected chi connectivity index (χ0v) is 11.3. The van der Waals surface area contributed by atoms with Crippen molar-refractivity contribution in [2.24, 2.45) is 0 Å². The van der Waals surface area contributed by atoms with Gasteiger partial charge in [-0.2, -0.15) is 9.90 Å². The molecule has 0 aliphatic rings. The van der Waals surface area contributed by atoms with Crippen LogP contribution in [-0.4, -0.2) is 20.1 Å². The van der Waals surface area contributed by atoms with Crippen LogP contribution in [0.2, 0.25) is 0 Å². The summed E-state index contributed by atoms with van der Waals surface area (Å²) in [7, 11) is 0. The van der Waals surface area contributed by atoms with Crippen molar-refractivity contribution in [3.63, 3.8) is 0 Å². The Labute approximate surface area is 121 Å². The minimum absolute atomic E-state index is 0.188. The number of halogens is 1. The third-order valence-corrected chi connectivity index (χ3v) is 3.20. The van der Waals surface area contributed by atoms with Crippen LogP contribution in [-0.2, 0) is 13.3 Å². The van der Waals surface area contributed by atoms with E-state index in [1.807, 2.05) is 30.3 Å². The van der Waals surface area contributed by atoms with E-state index in [1.54, 1.807) is 24.3 Å². The monoisotopic (exact) mass is 283 g/mol. The topological polar surface area (TPSA) is 50.9 Å². The van der Waals surface area contributed by atoms with Crippen LogP contribution in [0.4, 0.5) is 4.39 Å². The Morgan fingerprint density at radius 3 is 2.29 bits per heavy atom. The summed E-state index contributed by atoms with van der Waals surface area (Å²) in [5.41, 5.74) is 3.39. The number of aliphatic hydroxyl groups excluding tert-OH is 1.